The Morgan fingerprint density at radius 3 is 2.83 bits per heavy atom. The van der Waals surface area contributed by atoms with Crippen molar-refractivity contribution in [3.63, 3.8) is 0 Å². The van der Waals surface area contributed by atoms with Crippen LogP contribution >= 0.6 is 7.82 Å². The Bertz CT molecular complexity index is 1020. The molecular weight excluding hydrogens is 427 g/mol. The van der Waals surface area contributed by atoms with Crippen LogP contribution in [0.1, 0.15) is 33.9 Å². The van der Waals surface area contributed by atoms with E-state index in [9.17, 15) is 4.57 Å². The highest BCUT2D eigenvalue weighted by molar-refractivity contribution is 7.48. The van der Waals surface area contributed by atoms with E-state index in [1.54, 1.807) is 20.8 Å². The molecule has 4 heterocycles. The second-order valence-corrected chi connectivity index (χ2v) is 8.99. The number of alkyl halides is 2. The summed E-state index contributed by atoms with van der Waals surface area (Å²) in [6.07, 6.45) is -2.83. The number of nitrogens with two attached hydrogens (primary N) is 1. The maximum absolute atomic E-state index is 15.9. The zero-order chi connectivity index (χ0) is 21.9. The quantitative estimate of drug-likeness (QED) is 0.679. The van der Waals surface area contributed by atoms with Crippen LogP contribution in [-0.2, 0) is 22.9 Å². The molecule has 2 N–H and O–H groups in total. The van der Waals surface area contributed by atoms with Gasteiger partial charge in [-0.3, -0.25) is 18.1 Å². The highest BCUT2D eigenvalue weighted by Gasteiger charge is 2.70. The summed E-state index contributed by atoms with van der Waals surface area (Å²) in [4.78, 5) is 12.2. The SMILES string of the molecule is CCOc1nc(N)nc2c1ncn2[C@@H]1O[C@]2(F)CO[P@@](=O)(OC(C)C)O[C@H]2[C@@]1(C)F. The molecule has 11 nitrogen and oxygen atoms in total. The lowest BCUT2D eigenvalue weighted by atomic mass is 9.97. The summed E-state index contributed by atoms with van der Waals surface area (Å²) >= 11 is 0. The molecule has 0 spiro atoms. The number of phosphoric acid groups is 1. The molecule has 0 saturated carbocycles. The highest BCUT2D eigenvalue weighted by Crippen LogP contribution is 2.63. The number of rotatable bonds is 5. The fourth-order valence-corrected chi connectivity index (χ4v) is 5.13. The molecule has 2 aliphatic rings. The first-order valence-electron chi connectivity index (χ1n) is 9.29. The molecule has 14 heteroatoms. The second kappa shape index (κ2) is 7.06. The average Bonchev–Trinajstić information content (AvgIpc) is 3.13. The van der Waals surface area contributed by atoms with E-state index in [4.69, 9.17) is 28.8 Å². The van der Waals surface area contributed by atoms with Gasteiger partial charge in [0.2, 0.25) is 11.8 Å². The lowest BCUT2D eigenvalue weighted by Gasteiger charge is -2.36. The molecule has 166 valence electrons. The first kappa shape index (κ1) is 21.3. The standard InChI is InChI=1S/C16H22F2N5O6P/c1-5-25-11-9-10(21-14(19)22-11)23(7-20-9)13-15(4,17)12-16(18,27-13)6-26-30(24,29-12)28-8(2)3/h7-8,12-13H,5-6H2,1-4H3,(H2,19,21,22)/t12-,13+,15+,16+,30-/m0/s1. The van der Waals surface area contributed by atoms with Gasteiger partial charge in [-0.15, -0.1) is 0 Å². The van der Waals surface area contributed by atoms with Crippen molar-refractivity contribution in [2.24, 2.45) is 0 Å². The number of halogens is 2. The maximum atomic E-state index is 15.9. The van der Waals surface area contributed by atoms with E-state index in [1.807, 2.05) is 0 Å². The van der Waals surface area contributed by atoms with Gasteiger partial charge in [-0.05, 0) is 27.7 Å². The van der Waals surface area contributed by atoms with E-state index in [2.05, 4.69) is 15.0 Å². The van der Waals surface area contributed by atoms with Crippen molar-refractivity contribution in [1.29, 1.82) is 0 Å². The molecule has 4 rings (SSSR count). The van der Waals surface area contributed by atoms with Gasteiger partial charge in [0.1, 0.15) is 6.61 Å². The number of imidazole rings is 1. The Balaban J connectivity index is 1.74. The summed E-state index contributed by atoms with van der Waals surface area (Å²) in [6, 6.07) is 0. The zero-order valence-corrected chi connectivity index (χ0v) is 17.6. The number of hydrogen-bond donors (Lipinski definition) is 1. The monoisotopic (exact) mass is 449 g/mol. The molecule has 2 aromatic rings. The number of phosphoric ester groups is 1. The van der Waals surface area contributed by atoms with E-state index in [0.717, 1.165) is 11.5 Å². The van der Waals surface area contributed by atoms with Crippen LogP contribution in [0.15, 0.2) is 6.33 Å². The third-order valence-electron chi connectivity index (χ3n) is 4.63. The molecule has 2 saturated heterocycles. The minimum absolute atomic E-state index is 0.0737. The number of aromatic nitrogens is 4. The first-order valence-corrected chi connectivity index (χ1v) is 10.7. The molecule has 30 heavy (non-hydrogen) atoms. The van der Waals surface area contributed by atoms with E-state index in [-0.39, 0.29) is 29.6 Å². The summed E-state index contributed by atoms with van der Waals surface area (Å²) in [5.74, 6) is -2.77. The molecule has 0 amide bonds. The number of anilines is 1. The molecule has 5 atom stereocenters. The third-order valence-corrected chi connectivity index (χ3v) is 6.22. The van der Waals surface area contributed by atoms with Crippen LogP contribution in [0, 0.1) is 0 Å². The minimum atomic E-state index is -4.19. The summed E-state index contributed by atoms with van der Waals surface area (Å²) in [7, 11) is -4.19. The van der Waals surface area contributed by atoms with Crippen LogP contribution in [0.3, 0.4) is 0 Å². The maximum Gasteiger partial charge on any atom is 0.475 e. The normalized spacial score (nSPS) is 36.4. The minimum Gasteiger partial charge on any atom is -0.476 e. The van der Waals surface area contributed by atoms with Crippen LogP contribution in [0.4, 0.5) is 14.7 Å². The number of hydrogen-bond acceptors (Lipinski definition) is 10. The van der Waals surface area contributed by atoms with Crippen molar-refractivity contribution < 1.29 is 36.4 Å². The molecule has 0 aromatic carbocycles. The van der Waals surface area contributed by atoms with Gasteiger partial charge in [0.25, 0.3) is 5.85 Å². The number of nitrogens with zero attached hydrogens (tertiary/aromatic N) is 4. The van der Waals surface area contributed by atoms with Crippen LogP contribution in [0.2, 0.25) is 0 Å². The van der Waals surface area contributed by atoms with Crippen LogP contribution < -0.4 is 10.5 Å². The molecular formula is C16H22F2N5O6P. The van der Waals surface area contributed by atoms with Crippen LogP contribution in [0.25, 0.3) is 11.2 Å². The summed E-state index contributed by atoms with van der Waals surface area (Å²) in [6.45, 7) is 5.42. The smallest absolute Gasteiger partial charge is 0.475 e. The van der Waals surface area contributed by atoms with E-state index in [1.165, 1.54) is 6.33 Å². The molecule has 0 aliphatic carbocycles. The average molecular weight is 449 g/mol. The van der Waals surface area contributed by atoms with E-state index < -0.39 is 44.4 Å². The first-order chi connectivity index (χ1) is 14.0. The van der Waals surface area contributed by atoms with Crippen molar-refractivity contribution in [2.45, 2.75) is 57.7 Å². The van der Waals surface area contributed by atoms with Gasteiger partial charge in [-0.25, -0.2) is 18.3 Å². The van der Waals surface area contributed by atoms with E-state index >= 15 is 8.78 Å². The molecule has 0 bridgehead atoms. The molecule has 2 fully saturated rings. The van der Waals surface area contributed by atoms with Crippen molar-refractivity contribution in [3.05, 3.63) is 6.33 Å². The fourth-order valence-electron chi connectivity index (χ4n) is 3.49. The van der Waals surface area contributed by atoms with Gasteiger partial charge in [0, 0.05) is 0 Å². The zero-order valence-electron chi connectivity index (χ0n) is 16.7. The van der Waals surface area contributed by atoms with E-state index in [0.29, 0.717) is 0 Å². The summed E-state index contributed by atoms with van der Waals surface area (Å²) in [5, 5.41) is 0. The summed E-state index contributed by atoms with van der Waals surface area (Å²) < 4.78 is 71.2. The molecule has 0 unspecified atom stereocenters. The highest BCUT2D eigenvalue weighted by atomic mass is 31.2. The largest absolute Gasteiger partial charge is 0.476 e. The number of fused-ring (bicyclic) bond motifs is 2. The van der Waals surface area contributed by atoms with Crippen molar-refractivity contribution in [2.75, 3.05) is 18.9 Å². The number of nitrogen functional groups attached to an aromatic ring is 1. The molecule has 2 aliphatic heterocycles. The van der Waals surface area contributed by atoms with Gasteiger partial charge in [-0.1, -0.05) is 0 Å². The predicted octanol–water partition coefficient (Wildman–Crippen LogP) is 2.68. The van der Waals surface area contributed by atoms with Crippen molar-refractivity contribution in [1.82, 2.24) is 19.5 Å². The Labute approximate surface area is 170 Å². The van der Waals surface area contributed by atoms with Gasteiger partial charge < -0.3 is 15.2 Å². The van der Waals surface area contributed by atoms with Gasteiger partial charge in [0.05, 0.1) is 19.0 Å². The van der Waals surface area contributed by atoms with Crippen molar-refractivity contribution in [3.8, 4) is 5.88 Å². The number of ether oxygens (including phenoxy) is 2. The topological polar surface area (TPSA) is 133 Å². The predicted molar refractivity (Wildman–Crippen MR) is 99.0 cm³/mol. The lowest BCUT2D eigenvalue weighted by molar-refractivity contribution is -0.220. The second-order valence-electron chi connectivity index (χ2n) is 7.41. The van der Waals surface area contributed by atoms with Gasteiger partial charge >= 0.3 is 7.82 Å². The Kier molecular flexibility index (Phi) is 5.02. The molecule has 0 radical (unpaired) electrons. The fraction of sp³-hybridized carbons (Fsp3) is 0.688. The lowest BCUT2D eigenvalue weighted by Crippen LogP contribution is -2.51. The van der Waals surface area contributed by atoms with Gasteiger partial charge in [-0.2, -0.15) is 9.97 Å². The van der Waals surface area contributed by atoms with Crippen LogP contribution in [-0.4, -0.2) is 56.5 Å². The van der Waals surface area contributed by atoms with Crippen LogP contribution in [0.5, 0.6) is 5.88 Å². The van der Waals surface area contributed by atoms with Gasteiger partial charge in [0.15, 0.2) is 29.2 Å². The Morgan fingerprint density at radius 1 is 1.43 bits per heavy atom. The Hall–Kier alpha value is -1.92. The molecule has 2 aromatic heterocycles. The third kappa shape index (κ3) is 3.34. The Morgan fingerprint density at radius 2 is 2.17 bits per heavy atom. The van der Waals surface area contributed by atoms with Crippen molar-refractivity contribution >= 4 is 24.9 Å². The summed E-state index contributed by atoms with van der Waals surface area (Å²) in [5.41, 5.74) is 3.49.